The molecule has 0 rings (SSSR count). The third-order valence-corrected chi connectivity index (χ3v) is 4.01. The number of carbonyl (C=O) groups excluding carboxylic acids is 2. The maximum atomic E-state index is 10.9. The SMILES string of the molecule is CC.COC(=O)CCCCCCCN(C)CCCCCCCC=O. The molecule has 0 aliphatic rings. The predicted octanol–water partition coefficient (Wildman–Crippen LogP) is 5.00. The minimum absolute atomic E-state index is 0.0918. The van der Waals surface area contributed by atoms with E-state index < -0.39 is 0 Å². The standard InChI is InChI=1S/C18H35NO3.C2H6/c1-19(15-11-7-3-4-9-13-17-20)16-12-8-5-6-10-14-18(21)22-2;1-2/h17H,3-16H2,1-2H3;1-2H3. The van der Waals surface area contributed by atoms with E-state index in [0.29, 0.717) is 6.42 Å². The van der Waals surface area contributed by atoms with Gasteiger partial charge in [0.05, 0.1) is 7.11 Å². The van der Waals surface area contributed by atoms with Crippen LogP contribution in [0.3, 0.4) is 0 Å². The molecule has 0 saturated carbocycles. The summed E-state index contributed by atoms with van der Waals surface area (Å²) >= 11 is 0. The Morgan fingerprint density at radius 2 is 1.29 bits per heavy atom. The van der Waals surface area contributed by atoms with Gasteiger partial charge in [0.25, 0.3) is 0 Å². The third kappa shape index (κ3) is 21.1. The Balaban J connectivity index is 0. The molecular weight excluding hydrogens is 302 g/mol. The molecule has 4 nitrogen and oxygen atoms in total. The normalized spacial score (nSPS) is 10.2. The second-order valence-corrected chi connectivity index (χ2v) is 6.12. The van der Waals surface area contributed by atoms with Crippen molar-refractivity contribution in [2.24, 2.45) is 0 Å². The molecule has 0 radical (unpaired) electrons. The number of aldehydes is 1. The highest BCUT2D eigenvalue weighted by atomic mass is 16.5. The van der Waals surface area contributed by atoms with Gasteiger partial charge in [-0.1, -0.05) is 52.4 Å². The Bertz CT molecular complexity index is 270. The van der Waals surface area contributed by atoms with Crippen LogP contribution < -0.4 is 0 Å². The molecule has 0 N–H and O–H groups in total. The van der Waals surface area contributed by atoms with Gasteiger partial charge >= 0.3 is 5.97 Å². The van der Waals surface area contributed by atoms with E-state index in [1.165, 1.54) is 65.1 Å². The lowest BCUT2D eigenvalue weighted by Crippen LogP contribution is -2.20. The van der Waals surface area contributed by atoms with Crippen LogP contribution in [0.5, 0.6) is 0 Å². The van der Waals surface area contributed by atoms with Crippen LogP contribution in [0, 0.1) is 0 Å². The van der Waals surface area contributed by atoms with Gasteiger partial charge < -0.3 is 14.4 Å². The molecule has 0 saturated heterocycles. The Labute approximate surface area is 150 Å². The van der Waals surface area contributed by atoms with Gasteiger partial charge in [-0.3, -0.25) is 4.79 Å². The number of ether oxygens (including phenoxy) is 1. The average Bonchev–Trinajstić information content (AvgIpc) is 2.61. The molecule has 0 fully saturated rings. The molecule has 0 aromatic heterocycles. The molecule has 0 heterocycles. The first-order chi connectivity index (χ1) is 11.7. The minimum atomic E-state index is -0.0918. The van der Waals surface area contributed by atoms with Gasteiger partial charge in [0.1, 0.15) is 6.29 Å². The number of hydrogen-bond donors (Lipinski definition) is 0. The number of esters is 1. The summed E-state index contributed by atoms with van der Waals surface area (Å²) in [6, 6.07) is 0. The van der Waals surface area contributed by atoms with E-state index in [4.69, 9.17) is 0 Å². The number of rotatable bonds is 16. The topological polar surface area (TPSA) is 46.6 Å². The highest BCUT2D eigenvalue weighted by Gasteiger charge is 2.01. The first-order valence-corrected chi connectivity index (χ1v) is 9.89. The molecule has 4 heteroatoms. The van der Waals surface area contributed by atoms with Crippen LogP contribution in [-0.2, 0) is 14.3 Å². The predicted molar refractivity (Wildman–Crippen MR) is 102 cm³/mol. The Hall–Kier alpha value is -0.900. The van der Waals surface area contributed by atoms with E-state index in [1.54, 1.807) is 0 Å². The Morgan fingerprint density at radius 1 is 0.833 bits per heavy atom. The average molecular weight is 344 g/mol. The van der Waals surface area contributed by atoms with Gasteiger partial charge in [0.15, 0.2) is 0 Å². The smallest absolute Gasteiger partial charge is 0.305 e. The van der Waals surface area contributed by atoms with E-state index in [9.17, 15) is 9.59 Å². The summed E-state index contributed by atoms with van der Waals surface area (Å²) in [5.41, 5.74) is 0. The highest BCUT2D eigenvalue weighted by molar-refractivity contribution is 5.68. The number of methoxy groups -OCH3 is 1. The van der Waals surface area contributed by atoms with Crippen molar-refractivity contribution in [1.29, 1.82) is 0 Å². The van der Waals surface area contributed by atoms with Crippen molar-refractivity contribution in [3.8, 4) is 0 Å². The second-order valence-electron chi connectivity index (χ2n) is 6.12. The Kier molecular flexibility index (Phi) is 23.3. The molecule has 0 aromatic rings. The maximum absolute atomic E-state index is 10.9. The van der Waals surface area contributed by atoms with E-state index in [0.717, 1.165) is 32.0 Å². The molecule has 0 atom stereocenters. The molecule has 0 aliphatic carbocycles. The summed E-state index contributed by atoms with van der Waals surface area (Å²) in [4.78, 5) is 23.5. The fourth-order valence-corrected chi connectivity index (χ4v) is 2.53. The largest absolute Gasteiger partial charge is 0.469 e. The van der Waals surface area contributed by atoms with Crippen molar-refractivity contribution in [2.45, 2.75) is 90.9 Å². The van der Waals surface area contributed by atoms with Gasteiger partial charge in [-0.05, 0) is 45.8 Å². The summed E-state index contributed by atoms with van der Waals surface area (Å²) < 4.78 is 4.62. The van der Waals surface area contributed by atoms with Crippen LogP contribution in [0.1, 0.15) is 90.9 Å². The molecular formula is C20H41NO3. The summed E-state index contributed by atoms with van der Waals surface area (Å²) in [7, 11) is 3.65. The molecule has 0 bridgehead atoms. The first-order valence-electron chi connectivity index (χ1n) is 9.89. The van der Waals surface area contributed by atoms with Crippen LogP contribution in [0.2, 0.25) is 0 Å². The molecule has 0 spiro atoms. The lowest BCUT2D eigenvalue weighted by atomic mass is 10.1. The van der Waals surface area contributed by atoms with Gasteiger partial charge in [0, 0.05) is 12.8 Å². The summed E-state index contributed by atoms with van der Waals surface area (Å²) in [5, 5.41) is 0. The fourth-order valence-electron chi connectivity index (χ4n) is 2.53. The fraction of sp³-hybridized carbons (Fsp3) is 0.900. The van der Waals surface area contributed by atoms with Crippen LogP contribution in [0.4, 0.5) is 0 Å². The van der Waals surface area contributed by atoms with Crippen molar-refractivity contribution in [3.05, 3.63) is 0 Å². The molecule has 0 aromatic carbocycles. The zero-order chi connectivity index (χ0) is 18.5. The van der Waals surface area contributed by atoms with E-state index in [-0.39, 0.29) is 5.97 Å². The van der Waals surface area contributed by atoms with Gasteiger partial charge in [0.2, 0.25) is 0 Å². The lowest BCUT2D eigenvalue weighted by molar-refractivity contribution is -0.140. The van der Waals surface area contributed by atoms with Crippen LogP contribution in [0.15, 0.2) is 0 Å². The number of nitrogens with zero attached hydrogens (tertiary/aromatic N) is 1. The molecule has 144 valence electrons. The van der Waals surface area contributed by atoms with E-state index in [1.807, 2.05) is 13.8 Å². The van der Waals surface area contributed by atoms with Crippen molar-refractivity contribution in [2.75, 3.05) is 27.2 Å². The van der Waals surface area contributed by atoms with Gasteiger partial charge in [-0.2, -0.15) is 0 Å². The third-order valence-electron chi connectivity index (χ3n) is 4.01. The van der Waals surface area contributed by atoms with E-state index >= 15 is 0 Å². The molecule has 24 heavy (non-hydrogen) atoms. The molecule has 0 unspecified atom stereocenters. The van der Waals surface area contributed by atoms with Crippen molar-refractivity contribution in [1.82, 2.24) is 4.90 Å². The molecule has 0 amide bonds. The summed E-state index contributed by atoms with van der Waals surface area (Å²) in [6.07, 6.45) is 14.1. The Morgan fingerprint density at radius 3 is 1.79 bits per heavy atom. The van der Waals surface area contributed by atoms with Crippen molar-refractivity contribution in [3.63, 3.8) is 0 Å². The van der Waals surface area contributed by atoms with Crippen molar-refractivity contribution < 1.29 is 14.3 Å². The quantitative estimate of drug-likeness (QED) is 0.225. The second kappa shape index (κ2) is 22.1. The number of carbonyl (C=O) groups is 2. The zero-order valence-corrected chi connectivity index (χ0v) is 16.6. The van der Waals surface area contributed by atoms with Crippen LogP contribution in [-0.4, -0.2) is 44.4 Å². The van der Waals surface area contributed by atoms with Crippen LogP contribution >= 0.6 is 0 Å². The van der Waals surface area contributed by atoms with E-state index in [2.05, 4.69) is 16.7 Å². The zero-order valence-electron chi connectivity index (χ0n) is 16.6. The lowest BCUT2D eigenvalue weighted by Gasteiger charge is -2.16. The summed E-state index contributed by atoms with van der Waals surface area (Å²) in [6.45, 7) is 6.35. The maximum Gasteiger partial charge on any atom is 0.305 e. The summed E-state index contributed by atoms with van der Waals surface area (Å²) in [5.74, 6) is -0.0918. The highest BCUT2D eigenvalue weighted by Crippen LogP contribution is 2.08. The van der Waals surface area contributed by atoms with Crippen LogP contribution in [0.25, 0.3) is 0 Å². The number of hydrogen-bond acceptors (Lipinski definition) is 4. The number of unbranched alkanes of at least 4 members (excludes halogenated alkanes) is 9. The minimum Gasteiger partial charge on any atom is -0.469 e. The van der Waals surface area contributed by atoms with Gasteiger partial charge in [-0.15, -0.1) is 0 Å². The first kappa shape index (κ1) is 25.3. The monoisotopic (exact) mass is 343 g/mol. The molecule has 0 aliphatic heterocycles. The van der Waals surface area contributed by atoms with Gasteiger partial charge in [-0.25, -0.2) is 0 Å². The van der Waals surface area contributed by atoms with Crippen molar-refractivity contribution >= 4 is 12.3 Å².